The first-order chi connectivity index (χ1) is 15.1. The van der Waals surface area contributed by atoms with E-state index in [1.54, 1.807) is 28.6 Å². The number of carbonyl (C=O) groups excluding carboxylic acids is 2. The Balaban J connectivity index is 1.18. The average molecular weight is 437 g/mol. The van der Waals surface area contributed by atoms with Crippen LogP contribution >= 0.6 is 11.3 Å². The van der Waals surface area contributed by atoms with Crippen molar-refractivity contribution < 1.29 is 14.0 Å². The number of nitrogens with one attached hydrogen (secondary N) is 1. The number of benzene rings is 1. The molecular weight excluding hydrogens is 412 g/mol. The second-order valence-electron chi connectivity index (χ2n) is 8.08. The molecule has 1 atom stereocenters. The third kappa shape index (κ3) is 4.55. The minimum absolute atomic E-state index is 0.0217. The van der Waals surface area contributed by atoms with E-state index in [0.717, 1.165) is 37.5 Å². The quantitative estimate of drug-likeness (QED) is 0.642. The number of thiazole rings is 1. The summed E-state index contributed by atoms with van der Waals surface area (Å²) in [5.41, 5.74) is 2.38. The third-order valence-electron chi connectivity index (χ3n) is 5.80. The Labute approximate surface area is 184 Å². The van der Waals surface area contributed by atoms with Crippen molar-refractivity contribution in [2.24, 2.45) is 5.92 Å². The molecule has 1 N–H and O–H groups in total. The molecule has 1 aromatic carbocycles. The number of hydrogen-bond acceptors (Lipinski definition) is 6. The summed E-state index contributed by atoms with van der Waals surface area (Å²) in [6, 6.07) is 14.1. The van der Waals surface area contributed by atoms with Gasteiger partial charge >= 0.3 is 0 Å². The Bertz CT molecular complexity index is 1060. The number of hydrogen-bond donors (Lipinski definition) is 1. The number of fused-ring (bicyclic) bond motifs is 1. The molecule has 0 spiro atoms. The van der Waals surface area contributed by atoms with Crippen LogP contribution in [0, 0.1) is 5.92 Å². The van der Waals surface area contributed by atoms with Crippen LogP contribution in [0.15, 0.2) is 53.1 Å². The fraction of sp³-hybridized carbons (Fsp3) is 0.348. The number of carbonyl (C=O) groups is 2. The van der Waals surface area contributed by atoms with Crippen molar-refractivity contribution in [1.29, 1.82) is 0 Å². The summed E-state index contributed by atoms with van der Waals surface area (Å²) in [6.07, 6.45) is 2.70. The van der Waals surface area contributed by atoms with Crippen LogP contribution in [-0.2, 0) is 35.6 Å². The summed E-state index contributed by atoms with van der Waals surface area (Å²) in [5.74, 6) is 0.203. The molecule has 1 unspecified atom stereocenters. The van der Waals surface area contributed by atoms with E-state index in [0.29, 0.717) is 18.2 Å². The Morgan fingerprint density at radius 1 is 1.19 bits per heavy atom. The molecule has 160 valence electrons. The summed E-state index contributed by atoms with van der Waals surface area (Å²) in [5, 5.41) is 3.59. The number of aromatic nitrogens is 1. The molecule has 8 heteroatoms. The molecule has 0 radical (unpaired) electrons. The van der Waals surface area contributed by atoms with Gasteiger partial charge in [-0.25, -0.2) is 4.98 Å². The van der Waals surface area contributed by atoms with Crippen molar-refractivity contribution in [3.05, 3.63) is 70.6 Å². The largest absolute Gasteiger partial charge is 0.467 e. The Hall–Kier alpha value is -2.97. The van der Waals surface area contributed by atoms with Crippen molar-refractivity contribution in [2.75, 3.05) is 18.4 Å². The molecule has 4 heterocycles. The van der Waals surface area contributed by atoms with Crippen LogP contribution in [0.25, 0.3) is 0 Å². The number of likely N-dealkylation sites (tertiary alicyclic amines) is 1. The maximum Gasteiger partial charge on any atom is 0.231 e. The van der Waals surface area contributed by atoms with E-state index < -0.39 is 0 Å². The smallest absolute Gasteiger partial charge is 0.231 e. The summed E-state index contributed by atoms with van der Waals surface area (Å²) in [7, 11) is 0. The molecule has 31 heavy (non-hydrogen) atoms. The zero-order valence-electron chi connectivity index (χ0n) is 17.1. The molecule has 2 aliphatic rings. The molecule has 2 amide bonds. The molecule has 0 aliphatic carbocycles. The highest BCUT2D eigenvalue weighted by Gasteiger charge is 2.35. The molecule has 7 nitrogen and oxygen atoms in total. The predicted molar refractivity (Wildman–Crippen MR) is 117 cm³/mol. The standard InChI is InChI=1S/C23H24N4O3S/c28-21-11-17(13-27(21)14-18-7-4-10-30-18)22(29)25-23-24-19-8-9-26(15-20(19)31-23)12-16-5-2-1-3-6-16/h1-7,10,17H,8-9,11-15H2,(H,24,25,29). The van der Waals surface area contributed by atoms with Gasteiger partial charge in [-0.3, -0.25) is 14.5 Å². The molecule has 0 saturated carbocycles. The van der Waals surface area contributed by atoms with Gasteiger partial charge in [0.1, 0.15) is 5.76 Å². The number of furan rings is 1. The third-order valence-corrected chi connectivity index (χ3v) is 6.80. The molecule has 1 saturated heterocycles. The monoisotopic (exact) mass is 436 g/mol. The predicted octanol–water partition coefficient (Wildman–Crippen LogP) is 3.28. The van der Waals surface area contributed by atoms with E-state index in [4.69, 9.17) is 4.42 Å². The van der Waals surface area contributed by atoms with Gasteiger partial charge in [-0.15, -0.1) is 11.3 Å². The zero-order valence-corrected chi connectivity index (χ0v) is 17.9. The molecule has 3 aromatic rings. The maximum absolute atomic E-state index is 12.8. The van der Waals surface area contributed by atoms with Gasteiger partial charge in [-0.05, 0) is 17.7 Å². The van der Waals surface area contributed by atoms with Gasteiger partial charge in [0, 0.05) is 43.9 Å². The van der Waals surface area contributed by atoms with Crippen LogP contribution in [0.1, 0.15) is 28.3 Å². The molecule has 0 bridgehead atoms. The summed E-state index contributed by atoms with van der Waals surface area (Å²) in [6.45, 7) is 3.52. The van der Waals surface area contributed by atoms with E-state index in [1.807, 2.05) is 12.1 Å². The molecule has 5 rings (SSSR count). The molecule has 2 aliphatic heterocycles. The SMILES string of the molecule is O=C(Nc1nc2c(s1)CN(Cc1ccccc1)CC2)C1CC(=O)N(Cc2ccco2)C1. The minimum Gasteiger partial charge on any atom is -0.467 e. The van der Waals surface area contributed by atoms with E-state index in [-0.39, 0.29) is 24.2 Å². The first kappa shape index (κ1) is 20.0. The van der Waals surface area contributed by atoms with Crippen molar-refractivity contribution in [2.45, 2.75) is 32.5 Å². The Kier molecular flexibility index (Phi) is 5.57. The van der Waals surface area contributed by atoms with Gasteiger partial charge in [0.25, 0.3) is 0 Å². The number of anilines is 1. The van der Waals surface area contributed by atoms with E-state index in [2.05, 4.69) is 39.5 Å². The highest BCUT2D eigenvalue weighted by Crippen LogP contribution is 2.30. The van der Waals surface area contributed by atoms with Crippen LogP contribution in [0.5, 0.6) is 0 Å². The number of nitrogens with zero attached hydrogens (tertiary/aromatic N) is 3. The molecular formula is C23H24N4O3S. The van der Waals surface area contributed by atoms with Crippen molar-refractivity contribution in [3.63, 3.8) is 0 Å². The summed E-state index contributed by atoms with van der Waals surface area (Å²) < 4.78 is 5.32. The highest BCUT2D eigenvalue weighted by molar-refractivity contribution is 7.15. The van der Waals surface area contributed by atoms with Gasteiger partial charge in [-0.2, -0.15) is 0 Å². The lowest BCUT2D eigenvalue weighted by molar-refractivity contribution is -0.128. The van der Waals surface area contributed by atoms with Gasteiger partial charge in [0.15, 0.2) is 5.13 Å². The van der Waals surface area contributed by atoms with E-state index in [1.165, 1.54) is 10.4 Å². The summed E-state index contributed by atoms with van der Waals surface area (Å²) in [4.78, 5) is 35.0. The average Bonchev–Trinajstić information content (AvgIpc) is 3.49. The maximum atomic E-state index is 12.8. The van der Waals surface area contributed by atoms with Gasteiger partial charge in [0.05, 0.1) is 24.4 Å². The normalized spacial score (nSPS) is 18.9. The van der Waals surface area contributed by atoms with Crippen LogP contribution in [0.4, 0.5) is 5.13 Å². The van der Waals surface area contributed by atoms with Crippen LogP contribution in [-0.4, -0.2) is 39.7 Å². The first-order valence-electron chi connectivity index (χ1n) is 10.5. The highest BCUT2D eigenvalue weighted by atomic mass is 32.1. The van der Waals surface area contributed by atoms with Gasteiger partial charge in [-0.1, -0.05) is 30.3 Å². The minimum atomic E-state index is -0.363. The second kappa shape index (κ2) is 8.64. The zero-order chi connectivity index (χ0) is 21.2. The summed E-state index contributed by atoms with van der Waals surface area (Å²) >= 11 is 1.54. The lowest BCUT2D eigenvalue weighted by Gasteiger charge is -2.25. The van der Waals surface area contributed by atoms with Crippen LogP contribution in [0.2, 0.25) is 0 Å². The lowest BCUT2D eigenvalue weighted by Crippen LogP contribution is -2.29. The Morgan fingerprint density at radius 3 is 2.87 bits per heavy atom. The van der Waals surface area contributed by atoms with Crippen LogP contribution in [0.3, 0.4) is 0 Å². The van der Waals surface area contributed by atoms with Crippen molar-refractivity contribution in [1.82, 2.24) is 14.8 Å². The second-order valence-corrected chi connectivity index (χ2v) is 9.16. The van der Waals surface area contributed by atoms with Gasteiger partial charge in [0.2, 0.25) is 11.8 Å². The van der Waals surface area contributed by atoms with Crippen molar-refractivity contribution in [3.8, 4) is 0 Å². The fourth-order valence-corrected chi connectivity index (χ4v) is 5.23. The lowest BCUT2D eigenvalue weighted by atomic mass is 10.1. The fourth-order valence-electron chi connectivity index (χ4n) is 4.18. The van der Waals surface area contributed by atoms with Crippen molar-refractivity contribution >= 4 is 28.3 Å². The van der Waals surface area contributed by atoms with E-state index >= 15 is 0 Å². The molecule has 1 fully saturated rings. The first-order valence-corrected chi connectivity index (χ1v) is 11.3. The molecule has 2 aromatic heterocycles. The number of amides is 2. The van der Waals surface area contributed by atoms with Crippen LogP contribution < -0.4 is 5.32 Å². The number of rotatable bonds is 6. The van der Waals surface area contributed by atoms with Gasteiger partial charge < -0.3 is 14.6 Å². The Morgan fingerprint density at radius 2 is 2.06 bits per heavy atom. The van der Waals surface area contributed by atoms with E-state index in [9.17, 15) is 9.59 Å². The topological polar surface area (TPSA) is 78.7 Å².